The molecule has 0 heterocycles. The summed E-state index contributed by atoms with van der Waals surface area (Å²) in [7, 11) is 0. The molecule has 0 saturated heterocycles. The van der Waals surface area contributed by atoms with Crippen LogP contribution in [0.3, 0.4) is 0 Å². The molecular weight excluding hydrogens is 418 g/mol. The summed E-state index contributed by atoms with van der Waals surface area (Å²) < 4.78 is 53.7. The van der Waals surface area contributed by atoms with Gasteiger partial charge in [0.1, 0.15) is 5.82 Å². The quantitative estimate of drug-likeness (QED) is 0.466. The fourth-order valence-electron chi connectivity index (χ4n) is 2.23. The molecule has 26 heavy (non-hydrogen) atoms. The van der Waals surface area contributed by atoms with Crippen molar-refractivity contribution in [3.63, 3.8) is 0 Å². The van der Waals surface area contributed by atoms with E-state index >= 15 is 0 Å². The summed E-state index contributed by atoms with van der Waals surface area (Å²) in [5, 5.41) is 8.95. The van der Waals surface area contributed by atoms with Crippen molar-refractivity contribution in [1.82, 2.24) is 0 Å². The first-order chi connectivity index (χ1) is 12.1. The lowest BCUT2D eigenvalue weighted by Crippen LogP contribution is -2.18. The number of nitrogens with zero attached hydrogens (tertiary/aromatic N) is 1. The minimum absolute atomic E-state index is 0.0187. The molecule has 0 saturated carbocycles. The van der Waals surface area contributed by atoms with Gasteiger partial charge < -0.3 is 5.11 Å². The van der Waals surface area contributed by atoms with E-state index in [1.807, 2.05) is 0 Å². The monoisotopic (exact) mass is 427 g/mol. The van der Waals surface area contributed by atoms with E-state index in [0.717, 1.165) is 24.3 Å². The van der Waals surface area contributed by atoms with Crippen molar-refractivity contribution in [3.8, 4) is 0 Å². The number of carboxylic acids is 1. The molecular formula is C18H10BrF4NO2. The van der Waals surface area contributed by atoms with Crippen molar-refractivity contribution in [1.29, 1.82) is 0 Å². The minimum Gasteiger partial charge on any atom is -0.478 e. The Morgan fingerprint density at radius 1 is 1.23 bits per heavy atom. The predicted octanol–water partition coefficient (Wildman–Crippen LogP) is 6.20. The molecule has 8 heteroatoms. The molecule has 0 fully saturated rings. The van der Waals surface area contributed by atoms with Crippen LogP contribution in [0.2, 0.25) is 0 Å². The topological polar surface area (TPSA) is 41.7 Å². The maximum Gasteiger partial charge on any atom is 0.399 e. The third kappa shape index (κ3) is 4.49. The Bertz CT molecular complexity index is 916. The Hall–Kier alpha value is -2.66. The van der Waals surface area contributed by atoms with Crippen LogP contribution in [-0.4, -0.2) is 17.3 Å². The number of carbonyl (C=O) groups is 1. The lowest BCUT2D eigenvalue weighted by molar-refractivity contribution is -0.139. The second kappa shape index (κ2) is 7.70. The zero-order valence-corrected chi connectivity index (χ0v) is 14.5. The van der Waals surface area contributed by atoms with Crippen LogP contribution in [0.5, 0.6) is 0 Å². The van der Waals surface area contributed by atoms with Crippen LogP contribution in [0, 0.1) is 12.4 Å². The van der Waals surface area contributed by atoms with Gasteiger partial charge in [-0.05, 0) is 51.3 Å². The molecule has 3 nitrogen and oxygen atoms in total. The second-order valence-electron chi connectivity index (χ2n) is 5.25. The van der Waals surface area contributed by atoms with Gasteiger partial charge in [-0.15, -0.1) is 0 Å². The van der Waals surface area contributed by atoms with E-state index in [-0.39, 0.29) is 15.6 Å². The van der Waals surface area contributed by atoms with E-state index in [9.17, 15) is 22.4 Å². The van der Waals surface area contributed by atoms with Gasteiger partial charge in [0.25, 0.3) is 0 Å². The van der Waals surface area contributed by atoms with Crippen LogP contribution in [0.4, 0.5) is 23.2 Å². The van der Waals surface area contributed by atoms with Crippen molar-refractivity contribution in [3.05, 3.63) is 80.9 Å². The number of benzene rings is 2. The lowest BCUT2D eigenvalue weighted by atomic mass is 9.96. The number of rotatable bonds is 4. The number of aromatic carboxylic acids is 1. The normalized spacial score (nSPS) is 12.8. The molecule has 0 aliphatic rings. The molecule has 1 N–H and O–H groups in total. The standard InChI is InChI=1S/C18H10BrF4NO2/c1-24-16-9-11(4-7-15(16)20)13(18(21,22)23)6-3-10-2-5-12(17(25)26)14(19)8-10/h2-9,13H,(H,25,26)/b6-3+. The van der Waals surface area contributed by atoms with Crippen molar-refractivity contribution in [2.45, 2.75) is 12.1 Å². The van der Waals surface area contributed by atoms with E-state index < -0.39 is 29.6 Å². The fraction of sp³-hybridized carbons (Fsp3) is 0.111. The number of hydrogen-bond acceptors (Lipinski definition) is 1. The highest BCUT2D eigenvalue weighted by Gasteiger charge is 2.39. The average molecular weight is 428 g/mol. The summed E-state index contributed by atoms with van der Waals surface area (Å²) in [6.45, 7) is 6.83. The summed E-state index contributed by atoms with van der Waals surface area (Å²) in [5.41, 5.74) is -0.417. The molecule has 0 aliphatic carbocycles. The Morgan fingerprint density at radius 3 is 2.46 bits per heavy atom. The van der Waals surface area contributed by atoms with Crippen LogP contribution in [-0.2, 0) is 0 Å². The van der Waals surface area contributed by atoms with Gasteiger partial charge in [-0.3, -0.25) is 0 Å². The number of hydrogen-bond donors (Lipinski definition) is 1. The van der Waals surface area contributed by atoms with Gasteiger partial charge in [0.05, 0.1) is 18.1 Å². The van der Waals surface area contributed by atoms with Crippen LogP contribution >= 0.6 is 15.9 Å². The highest BCUT2D eigenvalue weighted by Crippen LogP contribution is 2.38. The molecule has 134 valence electrons. The van der Waals surface area contributed by atoms with Gasteiger partial charge in [0.15, 0.2) is 0 Å². The molecule has 2 aromatic rings. The zero-order chi connectivity index (χ0) is 19.5. The Morgan fingerprint density at radius 2 is 1.92 bits per heavy atom. The first kappa shape index (κ1) is 19.7. The van der Waals surface area contributed by atoms with E-state index in [4.69, 9.17) is 11.7 Å². The third-order valence-electron chi connectivity index (χ3n) is 3.51. The SMILES string of the molecule is [C-]#[N+]c1cc(C(/C=C/c2ccc(C(=O)O)c(Br)c2)C(F)(F)F)ccc1F. The van der Waals surface area contributed by atoms with Crippen LogP contribution in [0.15, 0.2) is 46.9 Å². The average Bonchev–Trinajstić information content (AvgIpc) is 2.55. The Balaban J connectivity index is 2.41. The van der Waals surface area contributed by atoms with Crippen molar-refractivity contribution in [2.24, 2.45) is 0 Å². The second-order valence-corrected chi connectivity index (χ2v) is 6.10. The first-order valence-electron chi connectivity index (χ1n) is 7.08. The summed E-state index contributed by atoms with van der Waals surface area (Å²) in [6.07, 6.45) is -2.58. The molecule has 1 unspecified atom stereocenters. The van der Waals surface area contributed by atoms with Crippen LogP contribution in [0.1, 0.15) is 27.4 Å². The highest BCUT2D eigenvalue weighted by atomic mass is 79.9. The Kier molecular flexibility index (Phi) is 5.83. The molecule has 1 atom stereocenters. The molecule has 2 aromatic carbocycles. The van der Waals surface area contributed by atoms with Gasteiger partial charge in [-0.2, -0.15) is 13.2 Å². The largest absolute Gasteiger partial charge is 0.478 e. The summed E-state index contributed by atoms with van der Waals surface area (Å²) in [4.78, 5) is 13.8. The van der Waals surface area contributed by atoms with E-state index in [0.29, 0.717) is 5.56 Å². The molecule has 0 bridgehead atoms. The molecule has 2 rings (SSSR count). The zero-order valence-electron chi connectivity index (χ0n) is 12.9. The number of halogens is 5. The van der Waals surface area contributed by atoms with Gasteiger partial charge in [0.2, 0.25) is 5.69 Å². The lowest BCUT2D eigenvalue weighted by Gasteiger charge is -2.18. The summed E-state index contributed by atoms with van der Waals surface area (Å²) >= 11 is 3.05. The molecule has 0 spiro atoms. The maximum absolute atomic E-state index is 13.4. The minimum atomic E-state index is -4.65. The van der Waals surface area contributed by atoms with Crippen molar-refractivity contribution in [2.75, 3.05) is 0 Å². The maximum atomic E-state index is 13.4. The predicted molar refractivity (Wildman–Crippen MR) is 91.6 cm³/mol. The molecule has 0 radical (unpaired) electrons. The summed E-state index contributed by atoms with van der Waals surface area (Å²) in [5.74, 6) is -4.10. The third-order valence-corrected chi connectivity index (χ3v) is 4.16. The van der Waals surface area contributed by atoms with Crippen molar-refractivity contribution >= 4 is 33.7 Å². The van der Waals surface area contributed by atoms with Crippen LogP contribution < -0.4 is 0 Å². The van der Waals surface area contributed by atoms with Gasteiger partial charge in [0, 0.05) is 4.47 Å². The van der Waals surface area contributed by atoms with Crippen LogP contribution in [0.25, 0.3) is 10.9 Å². The Labute approximate surface area is 154 Å². The van der Waals surface area contributed by atoms with Gasteiger partial charge in [-0.25, -0.2) is 14.0 Å². The van der Waals surface area contributed by atoms with E-state index in [1.165, 1.54) is 24.3 Å². The fourth-order valence-corrected chi connectivity index (χ4v) is 2.80. The van der Waals surface area contributed by atoms with E-state index in [1.54, 1.807) is 0 Å². The molecule has 0 aromatic heterocycles. The summed E-state index contributed by atoms with van der Waals surface area (Å²) in [6, 6.07) is 6.69. The van der Waals surface area contributed by atoms with Gasteiger partial charge in [-0.1, -0.05) is 24.3 Å². The molecule has 0 amide bonds. The van der Waals surface area contributed by atoms with E-state index in [2.05, 4.69) is 20.8 Å². The van der Waals surface area contributed by atoms with Crippen molar-refractivity contribution < 1.29 is 27.5 Å². The highest BCUT2D eigenvalue weighted by molar-refractivity contribution is 9.10. The number of carboxylic acid groups (broad SMARTS) is 1. The number of allylic oxidation sites excluding steroid dienone is 1. The number of alkyl halides is 3. The van der Waals surface area contributed by atoms with Gasteiger partial charge >= 0.3 is 12.1 Å². The smallest absolute Gasteiger partial charge is 0.399 e. The first-order valence-corrected chi connectivity index (χ1v) is 7.87. The molecule has 0 aliphatic heterocycles.